The van der Waals surface area contributed by atoms with Gasteiger partial charge in [-0.25, -0.2) is 0 Å². The SMILES string of the molecule is Cc1cc(C)c2nnc(SCC(=O)NC3CCCCC3)n2n1. The van der Waals surface area contributed by atoms with Crippen molar-refractivity contribution < 1.29 is 4.79 Å². The van der Waals surface area contributed by atoms with E-state index < -0.39 is 0 Å². The number of carbonyl (C=O) groups excluding carboxylic acids is 1. The third-order valence-corrected chi connectivity index (χ3v) is 4.87. The molecule has 2 aromatic heterocycles. The van der Waals surface area contributed by atoms with Crippen LogP contribution in [0.15, 0.2) is 11.2 Å². The molecule has 0 aliphatic heterocycles. The van der Waals surface area contributed by atoms with Gasteiger partial charge in [-0.1, -0.05) is 31.0 Å². The Morgan fingerprint density at radius 3 is 2.86 bits per heavy atom. The van der Waals surface area contributed by atoms with Gasteiger partial charge in [-0.05, 0) is 38.3 Å². The molecule has 3 rings (SSSR count). The molecule has 0 radical (unpaired) electrons. The maximum absolute atomic E-state index is 12.1. The molecule has 0 saturated heterocycles. The van der Waals surface area contributed by atoms with Gasteiger partial charge in [-0.15, -0.1) is 10.2 Å². The Morgan fingerprint density at radius 2 is 2.09 bits per heavy atom. The summed E-state index contributed by atoms with van der Waals surface area (Å²) >= 11 is 1.39. The van der Waals surface area contributed by atoms with Crippen LogP contribution in [0.25, 0.3) is 5.65 Å². The Kier molecular flexibility index (Phi) is 4.61. The summed E-state index contributed by atoms with van der Waals surface area (Å²) in [5, 5.41) is 16.5. The van der Waals surface area contributed by atoms with Gasteiger partial charge in [0.1, 0.15) is 0 Å². The van der Waals surface area contributed by atoms with E-state index in [0.717, 1.165) is 29.7 Å². The molecule has 1 N–H and O–H groups in total. The van der Waals surface area contributed by atoms with Crippen LogP contribution in [-0.2, 0) is 4.79 Å². The monoisotopic (exact) mass is 319 g/mol. The van der Waals surface area contributed by atoms with E-state index in [4.69, 9.17) is 0 Å². The highest BCUT2D eigenvalue weighted by molar-refractivity contribution is 7.99. The third kappa shape index (κ3) is 3.40. The summed E-state index contributed by atoms with van der Waals surface area (Å²) < 4.78 is 1.73. The average Bonchev–Trinajstić information content (AvgIpc) is 2.89. The van der Waals surface area contributed by atoms with Gasteiger partial charge >= 0.3 is 0 Å². The summed E-state index contributed by atoms with van der Waals surface area (Å²) in [7, 11) is 0. The lowest BCUT2D eigenvalue weighted by molar-refractivity contribution is -0.119. The first-order valence-electron chi connectivity index (χ1n) is 7.75. The zero-order chi connectivity index (χ0) is 15.5. The number of hydrogen-bond donors (Lipinski definition) is 1. The van der Waals surface area contributed by atoms with Crippen molar-refractivity contribution in [1.29, 1.82) is 0 Å². The van der Waals surface area contributed by atoms with E-state index in [1.807, 2.05) is 19.9 Å². The fraction of sp³-hybridized carbons (Fsp3) is 0.600. The van der Waals surface area contributed by atoms with Crippen molar-refractivity contribution in [3.05, 3.63) is 17.3 Å². The molecule has 1 amide bonds. The average molecular weight is 319 g/mol. The minimum absolute atomic E-state index is 0.0676. The summed E-state index contributed by atoms with van der Waals surface area (Å²) in [5.41, 5.74) is 2.71. The molecular weight excluding hydrogens is 298 g/mol. The summed E-state index contributed by atoms with van der Waals surface area (Å²) in [4.78, 5) is 12.1. The van der Waals surface area contributed by atoms with Gasteiger partial charge in [0.05, 0.1) is 11.4 Å². The Hall–Kier alpha value is -1.63. The van der Waals surface area contributed by atoms with Crippen LogP contribution in [0.5, 0.6) is 0 Å². The second-order valence-electron chi connectivity index (χ2n) is 5.88. The van der Waals surface area contributed by atoms with Crippen LogP contribution in [0.4, 0.5) is 0 Å². The normalized spacial score (nSPS) is 16.1. The van der Waals surface area contributed by atoms with E-state index in [1.165, 1.54) is 31.0 Å². The predicted molar refractivity (Wildman–Crippen MR) is 86.0 cm³/mol. The second-order valence-corrected chi connectivity index (χ2v) is 6.82. The van der Waals surface area contributed by atoms with Crippen LogP contribution in [0, 0.1) is 13.8 Å². The third-order valence-electron chi connectivity index (χ3n) is 3.95. The number of nitrogens with one attached hydrogen (secondary N) is 1. The van der Waals surface area contributed by atoms with Crippen LogP contribution in [-0.4, -0.2) is 37.5 Å². The highest BCUT2D eigenvalue weighted by Gasteiger charge is 2.17. The zero-order valence-electron chi connectivity index (χ0n) is 13.0. The first-order chi connectivity index (χ1) is 10.6. The molecule has 0 atom stereocenters. The standard InChI is InChI=1S/C15H21N5OS/c1-10-8-11(2)19-20-14(10)17-18-15(20)22-9-13(21)16-12-6-4-3-5-7-12/h8,12H,3-7,9H2,1-2H3,(H,16,21). The van der Waals surface area contributed by atoms with Crippen molar-refractivity contribution in [3.8, 4) is 0 Å². The van der Waals surface area contributed by atoms with Crippen molar-refractivity contribution in [3.63, 3.8) is 0 Å². The minimum atomic E-state index is 0.0676. The van der Waals surface area contributed by atoms with E-state index in [2.05, 4.69) is 20.6 Å². The first-order valence-corrected chi connectivity index (χ1v) is 8.74. The van der Waals surface area contributed by atoms with Crippen LogP contribution in [0.1, 0.15) is 43.4 Å². The van der Waals surface area contributed by atoms with Crippen LogP contribution in [0.3, 0.4) is 0 Å². The lowest BCUT2D eigenvalue weighted by Gasteiger charge is -2.22. The van der Waals surface area contributed by atoms with Gasteiger partial charge in [0.25, 0.3) is 0 Å². The number of rotatable bonds is 4. The molecule has 2 aromatic rings. The number of amides is 1. The largest absolute Gasteiger partial charge is 0.353 e. The number of aryl methyl sites for hydroxylation is 2. The second kappa shape index (κ2) is 6.64. The number of nitrogens with zero attached hydrogens (tertiary/aromatic N) is 4. The van der Waals surface area contributed by atoms with Crippen LogP contribution < -0.4 is 5.32 Å². The topological polar surface area (TPSA) is 72.2 Å². The maximum atomic E-state index is 12.1. The van der Waals surface area contributed by atoms with Gasteiger partial charge < -0.3 is 5.32 Å². The summed E-state index contributed by atoms with van der Waals surface area (Å²) in [6.07, 6.45) is 5.93. The molecule has 1 saturated carbocycles. The van der Waals surface area contributed by atoms with E-state index in [9.17, 15) is 4.79 Å². The Morgan fingerprint density at radius 1 is 1.32 bits per heavy atom. The number of fused-ring (bicyclic) bond motifs is 1. The lowest BCUT2D eigenvalue weighted by atomic mass is 9.95. The van der Waals surface area contributed by atoms with Gasteiger partial charge in [0.15, 0.2) is 5.65 Å². The Balaban J connectivity index is 1.62. The smallest absolute Gasteiger partial charge is 0.230 e. The van der Waals surface area contributed by atoms with Gasteiger partial charge in [0.2, 0.25) is 11.1 Å². The number of hydrogen-bond acceptors (Lipinski definition) is 5. The zero-order valence-corrected chi connectivity index (χ0v) is 13.8. The molecule has 0 unspecified atom stereocenters. The van der Waals surface area contributed by atoms with E-state index in [-0.39, 0.29) is 5.91 Å². The van der Waals surface area contributed by atoms with Crippen LogP contribution >= 0.6 is 11.8 Å². The molecule has 0 spiro atoms. The molecule has 22 heavy (non-hydrogen) atoms. The number of aromatic nitrogens is 4. The molecule has 7 heteroatoms. The molecule has 1 aliphatic rings. The summed E-state index contributed by atoms with van der Waals surface area (Å²) in [5.74, 6) is 0.421. The van der Waals surface area contributed by atoms with E-state index >= 15 is 0 Å². The quantitative estimate of drug-likeness (QED) is 0.875. The molecule has 1 aliphatic carbocycles. The molecule has 6 nitrogen and oxygen atoms in total. The maximum Gasteiger partial charge on any atom is 0.230 e. The van der Waals surface area contributed by atoms with Crippen molar-refractivity contribution in [2.75, 3.05) is 5.75 Å². The minimum Gasteiger partial charge on any atom is -0.353 e. The van der Waals surface area contributed by atoms with E-state index in [0.29, 0.717) is 17.0 Å². The first kappa shape index (κ1) is 15.3. The van der Waals surface area contributed by atoms with Crippen molar-refractivity contribution in [1.82, 2.24) is 25.1 Å². The predicted octanol–water partition coefficient (Wildman–Crippen LogP) is 2.28. The van der Waals surface area contributed by atoms with Crippen molar-refractivity contribution in [2.24, 2.45) is 0 Å². The van der Waals surface area contributed by atoms with Gasteiger partial charge in [0, 0.05) is 6.04 Å². The van der Waals surface area contributed by atoms with Gasteiger partial charge in [-0.2, -0.15) is 9.61 Å². The fourth-order valence-corrected chi connectivity index (χ4v) is 3.59. The number of thioether (sulfide) groups is 1. The Bertz CT molecular complexity index is 678. The van der Waals surface area contributed by atoms with Crippen molar-refractivity contribution in [2.45, 2.75) is 57.1 Å². The van der Waals surface area contributed by atoms with Gasteiger partial charge in [-0.3, -0.25) is 4.79 Å². The molecular formula is C15H21N5OS. The number of carbonyl (C=O) groups is 1. The Labute approximate surface area is 134 Å². The van der Waals surface area contributed by atoms with Crippen LogP contribution in [0.2, 0.25) is 0 Å². The van der Waals surface area contributed by atoms with E-state index in [1.54, 1.807) is 4.52 Å². The lowest BCUT2D eigenvalue weighted by Crippen LogP contribution is -2.37. The highest BCUT2D eigenvalue weighted by Crippen LogP contribution is 2.20. The molecule has 2 heterocycles. The fourth-order valence-electron chi connectivity index (χ4n) is 2.90. The molecule has 118 valence electrons. The molecule has 0 aromatic carbocycles. The molecule has 0 bridgehead atoms. The molecule has 1 fully saturated rings. The summed E-state index contributed by atoms with van der Waals surface area (Å²) in [6.45, 7) is 3.93. The highest BCUT2D eigenvalue weighted by atomic mass is 32.2. The summed E-state index contributed by atoms with van der Waals surface area (Å²) in [6, 6.07) is 2.33. The van der Waals surface area contributed by atoms with Crippen molar-refractivity contribution >= 4 is 23.3 Å².